The number of anilines is 1. The van der Waals surface area contributed by atoms with Gasteiger partial charge in [-0.3, -0.25) is 19.4 Å². The molecule has 5 rings (SSSR count). The number of rotatable bonds is 9. The Bertz CT molecular complexity index is 1370. The third-order valence-electron chi connectivity index (χ3n) is 6.74. The zero-order chi connectivity index (χ0) is 28.8. The van der Waals surface area contributed by atoms with Crippen molar-refractivity contribution in [3.05, 3.63) is 62.3 Å². The van der Waals surface area contributed by atoms with Crippen molar-refractivity contribution in [3.8, 4) is 0 Å². The van der Waals surface area contributed by atoms with Crippen molar-refractivity contribution in [2.24, 2.45) is 0 Å². The molecule has 2 fully saturated rings. The molecule has 0 radical (unpaired) electrons. The Hall–Kier alpha value is -3.30. The minimum Gasteiger partial charge on any atom is -0.445 e. The van der Waals surface area contributed by atoms with Gasteiger partial charge in [0, 0.05) is 49.0 Å². The lowest BCUT2D eigenvalue weighted by atomic mass is 10.1. The van der Waals surface area contributed by atoms with Gasteiger partial charge < -0.3 is 19.7 Å². The van der Waals surface area contributed by atoms with Crippen molar-refractivity contribution >= 4 is 58.0 Å². The van der Waals surface area contributed by atoms with E-state index in [0.717, 1.165) is 4.88 Å². The maximum atomic E-state index is 13.4. The zero-order valence-corrected chi connectivity index (χ0v) is 24.6. The van der Waals surface area contributed by atoms with E-state index in [1.54, 1.807) is 26.8 Å². The van der Waals surface area contributed by atoms with Crippen molar-refractivity contribution < 1.29 is 23.9 Å². The Morgan fingerprint density at radius 3 is 2.76 bits per heavy atom. The molecule has 41 heavy (non-hydrogen) atoms. The molecule has 0 aliphatic carbocycles. The Labute approximate surface area is 250 Å². The predicted molar refractivity (Wildman–Crippen MR) is 156 cm³/mol. The van der Waals surface area contributed by atoms with Gasteiger partial charge in [-0.1, -0.05) is 24.3 Å². The summed E-state index contributed by atoms with van der Waals surface area (Å²) in [6, 6.07) is 4.80. The van der Waals surface area contributed by atoms with Crippen molar-refractivity contribution in [1.29, 1.82) is 0 Å². The Kier molecular flexibility index (Phi) is 9.67. The number of aromatic nitrogens is 3. The number of nitrogens with one attached hydrogen (secondary N) is 1. The number of ether oxygens (including phenoxy) is 2. The number of halogens is 1. The standard InChI is InChI=1S/C26H30ClN7O5S2/c1-2-9-39-26(37)33-6-5-32(24(35)15-31-7-10-38-11-8-31)14-21(33)19-12-23(28-13-18-3-4-22(27)41-18)34(30-19)25(36)20-16-40-17-29-20/h2-4,12,16-17,21,28H,1,5-11,13-15H2. The van der Waals surface area contributed by atoms with Crippen LogP contribution in [0.4, 0.5) is 10.6 Å². The van der Waals surface area contributed by atoms with Crippen LogP contribution in [0.1, 0.15) is 27.1 Å². The lowest BCUT2D eigenvalue weighted by Crippen LogP contribution is -2.54. The number of nitrogens with zero attached hydrogens (tertiary/aromatic N) is 6. The van der Waals surface area contributed by atoms with Crippen LogP contribution in [0.25, 0.3) is 0 Å². The van der Waals surface area contributed by atoms with Crippen LogP contribution in [0, 0.1) is 0 Å². The van der Waals surface area contributed by atoms with Crippen molar-refractivity contribution in [2.45, 2.75) is 12.6 Å². The maximum Gasteiger partial charge on any atom is 0.410 e. The number of piperazine rings is 1. The first-order chi connectivity index (χ1) is 19.9. The highest BCUT2D eigenvalue weighted by atomic mass is 35.5. The SMILES string of the molecule is C=CCOC(=O)N1CCN(C(=O)CN2CCOCC2)CC1c1cc(NCc2ccc(Cl)s2)n(C(=O)c2cscn2)n1. The molecule has 5 heterocycles. The number of morpholine rings is 1. The first-order valence-electron chi connectivity index (χ1n) is 13.1. The molecule has 3 aromatic heterocycles. The Morgan fingerprint density at radius 2 is 2.05 bits per heavy atom. The molecule has 0 bridgehead atoms. The van der Waals surface area contributed by atoms with Crippen LogP contribution in [0.5, 0.6) is 0 Å². The summed E-state index contributed by atoms with van der Waals surface area (Å²) >= 11 is 8.83. The third kappa shape index (κ3) is 7.13. The van der Waals surface area contributed by atoms with Crippen LogP contribution >= 0.6 is 34.3 Å². The molecule has 0 saturated carbocycles. The molecular weight excluding hydrogens is 590 g/mol. The molecule has 3 aromatic rings. The van der Waals surface area contributed by atoms with Gasteiger partial charge in [0.2, 0.25) is 5.91 Å². The van der Waals surface area contributed by atoms with Gasteiger partial charge in [0.15, 0.2) is 0 Å². The molecule has 2 saturated heterocycles. The number of thiophene rings is 1. The van der Waals surface area contributed by atoms with Crippen LogP contribution in [-0.2, 0) is 20.8 Å². The van der Waals surface area contributed by atoms with Gasteiger partial charge in [-0.15, -0.1) is 22.7 Å². The van der Waals surface area contributed by atoms with Gasteiger partial charge in [0.1, 0.15) is 18.1 Å². The van der Waals surface area contributed by atoms with E-state index in [1.165, 1.54) is 33.4 Å². The number of hydrogen-bond acceptors (Lipinski definition) is 11. The average Bonchev–Trinajstić information content (AvgIpc) is 3.76. The van der Waals surface area contributed by atoms with Crippen LogP contribution in [0.15, 0.2) is 41.7 Å². The minimum atomic E-state index is -0.643. The molecule has 218 valence electrons. The summed E-state index contributed by atoms with van der Waals surface area (Å²) in [5.41, 5.74) is 2.27. The number of amides is 2. The number of thiazole rings is 1. The van der Waals surface area contributed by atoms with E-state index in [4.69, 9.17) is 21.1 Å². The van der Waals surface area contributed by atoms with E-state index >= 15 is 0 Å². The molecule has 2 amide bonds. The van der Waals surface area contributed by atoms with Crippen LogP contribution in [0.2, 0.25) is 4.34 Å². The second-order valence-corrected chi connectivity index (χ2v) is 11.9. The summed E-state index contributed by atoms with van der Waals surface area (Å²) < 4.78 is 12.7. The molecule has 2 aliphatic heterocycles. The summed E-state index contributed by atoms with van der Waals surface area (Å²) in [5.74, 6) is -0.0262. The Morgan fingerprint density at radius 1 is 1.22 bits per heavy atom. The van der Waals surface area contributed by atoms with Gasteiger partial charge in [0.05, 0.1) is 47.9 Å². The first-order valence-corrected chi connectivity index (χ1v) is 15.2. The normalized spacial score (nSPS) is 17.8. The molecule has 1 unspecified atom stereocenters. The van der Waals surface area contributed by atoms with Crippen LogP contribution in [0.3, 0.4) is 0 Å². The lowest BCUT2D eigenvalue weighted by molar-refractivity contribution is -0.136. The van der Waals surface area contributed by atoms with Gasteiger partial charge in [-0.05, 0) is 12.1 Å². The van der Waals surface area contributed by atoms with Gasteiger partial charge in [0.25, 0.3) is 5.91 Å². The molecule has 12 nitrogen and oxygen atoms in total. The fraction of sp³-hybridized carbons (Fsp3) is 0.423. The van der Waals surface area contributed by atoms with E-state index in [-0.39, 0.29) is 37.8 Å². The topological polar surface area (TPSA) is 122 Å². The van der Waals surface area contributed by atoms with Crippen molar-refractivity contribution in [1.82, 2.24) is 29.5 Å². The molecule has 2 aliphatic rings. The van der Waals surface area contributed by atoms with E-state index in [2.05, 4.69) is 26.9 Å². The first kappa shape index (κ1) is 29.2. The summed E-state index contributed by atoms with van der Waals surface area (Å²) in [6.07, 6.45) is 0.952. The lowest BCUT2D eigenvalue weighted by Gasteiger charge is -2.40. The van der Waals surface area contributed by atoms with Gasteiger partial charge in [-0.2, -0.15) is 9.78 Å². The zero-order valence-electron chi connectivity index (χ0n) is 22.2. The summed E-state index contributed by atoms with van der Waals surface area (Å²) in [7, 11) is 0. The van der Waals surface area contributed by atoms with E-state index in [1.807, 2.05) is 12.1 Å². The molecule has 15 heteroatoms. The highest BCUT2D eigenvalue weighted by Gasteiger charge is 2.37. The minimum absolute atomic E-state index is 0.0399. The molecule has 0 spiro atoms. The predicted octanol–water partition coefficient (Wildman–Crippen LogP) is 3.20. The fourth-order valence-corrected chi connectivity index (χ4v) is 6.19. The van der Waals surface area contributed by atoms with Crippen LogP contribution in [-0.4, -0.2) is 106 Å². The highest BCUT2D eigenvalue weighted by Crippen LogP contribution is 2.29. The largest absolute Gasteiger partial charge is 0.445 e. The highest BCUT2D eigenvalue weighted by molar-refractivity contribution is 7.16. The molecule has 1 atom stereocenters. The van der Waals surface area contributed by atoms with E-state index < -0.39 is 18.0 Å². The monoisotopic (exact) mass is 619 g/mol. The number of hydrogen-bond donors (Lipinski definition) is 1. The molecule has 0 aromatic carbocycles. The fourth-order valence-electron chi connectivity index (χ4n) is 4.64. The quantitative estimate of drug-likeness (QED) is 0.360. The van der Waals surface area contributed by atoms with Crippen molar-refractivity contribution in [2.75, 3.05) is 64.4 Å². The second-order valence-electron chi connectivity index (χ2n) is 9.41. The summed E-state index contributed by atoms with van der Waals surface area (Å²) in [4.78, 5) is 50.2. The third-order valence-corrected chi connectivity index (χ3v) is 8.56. The van der Waals surface area contributed by atoms with E-state index in [0.29, 0.717) is 55.2 Å². The van der Waals surface area contributed by atoms with Crippen LogP contribution < -0.4 is 5.32 Å². The van der Waals surface area contributed by atoms with Gasteiger partial charge >= 0.3 is 6.09 Å². The number of carbonyl (C=O) groups is 3. The second kappa shape index (κ2) is 13.6. The summed E-state index contributed by atoms with van der Waals surface area (Å²) in [5, 5.41) is 9.56. The van der Waals surface area contributed by atoms with Crippen molar-refractivity contribution in [3.63, 3.8) is 0 Å². The van der Waals surface area contributed by atoms with E-state index in [9.17, 15) is 14.4 Å². The smallest absolute Gasteiger partial charge is 0.410 e. The average molecular weight is 620 g/mol. The number of carbonyl (C=O) groups excluding carboxylic acids is 3. The maximum absolute atomic E-state index is 13.4. The molecule has 1 N–H and O–H groups in total. The molecular formula is C26H30ClN7O5S2. The summed E-state index contributed by atoms with van der Waals surface area (Å²) in [6.45, 7) is 7.72. The van der Waals surface area contributed by atoms with Gasteiger partial charge in [-0.25, -0.2) is 9.78 Å². The Balaban J connectivity index is 1.42.